The minimum absolute atomic E-state index is 0.0344. The standard InChI is InChI=1S/C16H12N2O4S/c19-18(20)14-8-10-16(11-9-14)23(21,22)17-12-15(17)7-6-13-4-2-1-3-5-13/h1-5,8-11,15H,12H2. The zero-order valence-corrected chi connectivity index (χ0v) is 12.7. The van der Waals surface area contributed by atoms with Crippen molar-refractivity contribution in [1.29, 1.82) is 0 Å². The molecule has 3 rings (SSSR count). The number of hydrogen-bond donors (Lipinski definition) is 0. The number of nitro groups is 1. The predicted molar refractivity (Wildman–Crippen MR) is 84.1 cm³/mol. The molecule has 6 nitrogen and oxygen atoms in total. The summed E-state index contributed by atoms with van der Waals surface area (Å²) in [5.41, 5.74) is 0.683. The normalized spacial score (nSPS) is 19.5. The van der Waals surface area contributed by atoms with Crippen molar-refractivity contribution in [2.75, 3.05) is 6.54 Å². The SMILES string of the molecule is O=[N+]([O-])c1ccc(S(=O)(=O)N2CC2C#Cc2ccccc2)cc1. The number of nitro benzene ring substituents is 1. The summed E-state index contributed by atoms with van der Waals surface area (Å²) in [4.78, 5) is 10.1. The monoisotopic (exact) mass is 328 g/mol. The molecule has 1 aliphatic rings. The molecule has 1 heterocycles. The molecule has 2 unspecified atom stereocenters. The van der Waals surface area contributed by atoms with Crippen LogP contribution in [0.4, 0.5) is 5.69 Å². The molecule has 23 heavy (non-hydrogen) atoms. The van der Waals surface area contributed by atoms with E-state index in [4.69, 9.17) is 0 Å². The highest BCUT2D eigenvalue weighted by Crippen LogP contribution is 2.28. The number of non-ortho nitro benzene ring substituents is 1. The first-order valence-electron chi connectivity index (χ1n) is 6.81. The highest BCUT2D eigenvalue weighted by Gasteiger charge is 2.43. The van der Waals surface area contributed by atoms with E-state index in [9.17, 15) is 18.5 Å². The molecule has 7 heteroatoms. The molecule has 0 aliphatic carbocycles. The molecule has 1 aliphatic heterocycles. The minimum Gasteiger partial charge on any atom is -0.258 e. The van der Waals surface area contributed by atoms with Crippen molar-refractivity contribution >= 4 is 15.7 Å². The van der Waals surface area contributed by atoms with Crippen molar-refractivity contribution in [2.24, 2.45) is 0 Å². The van der Waals surface area contributed by atoms with Crippen molar-refractivity contribution in [3.8, 4) is 11.8 Å². The van der Waals surface area contributed by atoms with Crippen molar-refractivity contribution in [3.63, 3.8) is 0 Å². The number of benzene rings is 2. The van der Waals surface area contributed by atoms with E-state index in [1.807, 2.05) is 30.3 Å². The second kappa shape index (κ2) is 5.83. The second-order valence-electron chi connectivity index (χ2n) is 4.98. The van der Waals surface area contributed by atoms with Crippen molar-refractivity contribution in [3.05, 3.63) is 70.3 Å². The summed E-state index contributed by atoms with van der Waals surface area (Å²) < 4.78 is 26.0. The van der Waals surface area contributed by atoms with E-state index in [0.717, 1.165) is 5.56 Å². The van der Waals surface area contributed by atoms with Crippen molar-refractivity contribution in [2.45, 2.75) is 10.9 Å². The molecule has 1 saturated heterocycles. The van der Waals surface area contributed by atoms with E-state index in [1.165, 1.54) is 28.6 Å². The molecule has 1 fully saturated rings. The number of rotatable bonds is 3. The molecule has 2 aromatic rings. The van der Waals surface area contributed by atoms with Gasteiger partial charge in [0, 0.05) is 24.2 Å². The Balaban J connectivity index is 1.75. The summed E-state index contributed by atoms with van der Waals surface area (Å²) in [7, 11) is -3.65. The van der Waals surface area contributed by atoms with Gasteiger partial charge in [-0.2, -0.15) is 4.31 Å². The Morgan fingerprint density at radius 1 is 1.09 bits per heavy atom. The maximum Gasteiger partial charge on any atom is 0.269 e. The first-order chi connectivity index (χ1) is 11.0. The average molecular weight is 328 g/mol. The molecule has 116 valence electrons. The lowest BCUT2D eigenvalue weighted by Gasteiger charge is -2.04. The number of nitrogens with zero attached hydrogens (tertiary/aromatic N) is 2. The van der Waals surface area contributed by atoms with Crippen LogP contribution in [0.5, 0.6) is 0 Å². The number of hydrogen-bond acceptors (Lipinski definition) is 4. The van der Waals surface area contributed by atoms with E-state index in [0.29, 0.717) is 6.54 Å². The van der Waals surface area contributed by atoms with Crippen LogP contribution >= 0.6 is 0 Å². The van der Waals surface area contributed by atoms with Crippen LogP contribution < -0.4 is 0 Å². The van der Waals surface area contributed by atoms with Gasteiger partial charge in [-0.25, -0.2) is 8.42 Å². The maximum atomic E-state index is 12.4. The van der Waals surface area contributed by atoms with Gasteiger partial charge in [-0.1, -0.05) is 30.0 Å². The molecule has 0 aromatic heterocycles. The largest absolute Gasteiger partial charge is 0.269 e. The number of sulfonamides is 1. The van der Waals surface area contributed by atoms with Gasteiger partial charge < -0.3 is 0 Å². The van der Waals surface area contributed by atoms with Crippen LogP contribution in [0.3, 0.4) is 0 Å². The third kappa shape index (κ3) is 3.23. The van der Waals surface area contributed by atoms with Crippen LogP contribution in [0.25, 0.3) is 0 Å². The third-order valence-corrected chi connectivity index (χ3v) is 5.27. The quantitative estimate of drug-likeness (QED) is 0.374. The second-order valence-corrected chi connectivity index (χ2v) is 6.87. The Kier molecular flexibility index (Phi) is 3.86. The molecule has 0 amide bonds. The molecule has 2 atom stereocenters. The van der Waals surface area contributed by atoms with E-state index in [2.05, 4.69) is 11.8 Å². The van der Waals surface area contributed by atoms with Crippen LogP contribution in [0, 0.1) is 22.0 Å². The highest BCUT2D eigenvalue weighted by atomic mass is 32.2. The zero-order chi connectivity index (χ0) is 16.4. The molecule has 0 saturated carbocycles. The summed E-state index contributed by atoms with van der Waals surface area (Å²) >= 11 is 0. The van der Waals surface area contributed by atoms with Gasteiger partial charge in [0.05, 0.1) is 9.82 Å². The minimum atomic E-state index is -3.65. The first-order valence-corrected chi connectivity index (χ1v) is 8.25. The predicted octanol–water partition coefficient (Wildman–Crippen LogP) is 2.02. The van der Waals surface area contributed by atoms with E-state index >= 15 is 0 Å². The van der Waals surface area contributed by atoms with Gasteiger partial charge in [0.2, 0.25) is 10.0 Å². The fraction of sp³-hybridized carbons (Fsp3) is 0.125. The Labute approximate surface area is 133 Å². The molecule has 0 N–H and O–H groups in total. The lowest BCUT2D eigenvalue weighted by Crippen LogP contribution is -2.14. The summed E-state index contributed by atoms with van der Waals surface area (Å²) in [5.74, 6) is 5.86. The van der Waals surface area contributed by atoms with Gasteiger partial charge in [-0.3, -0.25) is 10.1 Å². The van der Waals surface area contributed by atoms with Gasteiger partial charge in [0.25, 0.3) is 5.69 Å². The summed E-state index contributed by atoms with van der Waals surface area (Å²) in [6.07, 6.45) is 0. The average Bonchev–Trinajstić information content (AvgIpc) is 3.34. The van der Waals surface area contributed by atoms with E-state index < -0.39 is 14.9 Å². The fourth-order valence-corrected chi connectivity index (χ4v) is 3.55. The lowest BCUT2D eigenvalue weighted by molar-refractivity contribution is -0.384. The maximum absolute atomic E-state index is 12.4. The summed E-state index contributed by atoms with van der Waals surface area (Å²) in [6.45, 7) is 0.332. The van der Waals surface area contributed by atoms with Crippen LogP contribution in [0.1, 0.15) is 5.56 Å². The topological polar surface area (TPSA) is 80.3 Å². The van der Waals surface area contributed by atoms with E-state index in [1.54, 1.807) is 0 Å². The summed E-state index contributed by atoms with van der Waals surface area (Å²) in [5, 5.41) is 10.6. The van der Waals surface area contributed by atoms with Crippen LogP contribution in [-0.2, 0) is 10.0 Å². The Bertz CT molecular complexity index is 897. The highest BCUT2D eigenvalue weighted by molar-refractivity contribution is 7.89. The van der Waals surface area contributed by atoms with Crippen molar-refractivity contribution in [1.82, 2.24) is 4.31 Å². The van der Waals surface area contributed by atoms with Crippen LogP contribution in [0.15, 0.2) is 59.5 Å². The molecular weight excluding hydrogens is 316 g/mol. The van der Waals surface area contributed by atoms with Crippen LogP contribution in [-0.4, -0.2) is 30.2 Å². The first kappa shape index (κ1) is 15.2. The fourth-order valence-electron chi connectivity index (χ4n) is 2.07. The lowest BCUT2D eigenvalue weighted by atomic mass is 10.2. The Hall–Kier alpha value is -2.69. The van der Waals surface area contributed by atoms with Crippen LogP contribution in [0.2, 0.25) is 0 Å². The van der Waals surface area contributed by atoms with Gasteiger partial charge in [-0.15, -0.1) is 0 Å². The van der Waals surface area contributed by atoms with Gasteiger partial charge in [0.1, 0.15) is 6.04 Å². The Morgan fingerprint density at radius 2 is 1.74 bits per heavy atom. The molecular formula is C16H12N2O4S. The smallest absolute Gasteiger partial charge is 0.258 e. The molecule has 0 spiro atoms. The third-order valence-electron chi connectivity index (χ3n) is 3.38. The molecule has 2 aromatic carbocycles. The Morgan fingerprint density at radius 3 is 2.35 bits per heavy atom. The van der Waals surface area contributed by atoms with E-state index in [-0.39, 0.29) is 16.6 Å². The van der Waals surface area contributed by atoms with Gasteiger partial charge in [-0.05, 0) is 24.3 Å². The van der Waals surface area contributed by atoms with Gasteiger partial charge >= 0.3 is 0 Å². The zero-order valence-electron chi connectivity index (χ0n) is 11.9. The van der Waals surface area contributed by atoms with Gasteiger partial charge in [0.15, 0.2) is 0 Å². The molecule has 0 bridgehead atoms. The summed E-state index contributed by atoms with van der Waals surface area (Å²) in [6, 6.07) is 13.8. The van der Waals surface area contributed by atoms with Crippen molar-refractivity contribution < 1.29 is 13.3 Å². The molecule has 0 radical (unpaired) electrons.